The van der Waals surface area contributed by atoms with Crippen molar-refractivity contribution >= 4 is 6.21 Å². The molecule has 1 aromatic heterocycles. The number of hydrogen-bond donors (Lipinski definition) is 0. The summed E-state index contributed by atoms with van der Waals surface area (Å²) in [7, 11) is 0. The second-order valence-electron chi connectivity index (χ2n) is 5.09. The zero-order chi connectivity index (χ0) is 16.6. The van der Waals surface area contributed by atoms with Gasteiger partial charge < -0.3 is 9.47 Å². The maximum atomic E-state index is 5.81. The number of ether oxygens (including phenoxy) is 2. The van der Waals surface area contributed by atoms with Crippen LogP contribution in [0.15, 0.2) is 66.3 Å². The molecule has 0 bridgehead atoms. The summed E-state index contributed by atoms with van der Waals surface area (Å²) >= 11 is 0. The van der Waals surface area contributed by atoms with Crippen molar-refractivity contribution in [2.24, 2.45) is 5.10 Å². The van der Waals surface area contributed by atoms with E-state index in [0.717, 1.165) is 22.6 Å². The maximum absolute atomic E-state index is 5.81. The van der Waals surface area contributed by atoms with E-state index < -0.39 is 0 Å². The average molecular weight is 322 g/mol. The van der Waals surface area contributed by atoms with Gasteiger partial charge >= 0.3 is 0 Å². The Morgan fingerprint density at radius 1 is 0.917 bits per heavy atom. The monoisotopic (exact) mass is 322 g/mol. The van der Waals surface area contributed by atoms with Crippen LogP contribution in [0.25, 0.3) is 0 Å². The molecule has 0 fully saturated rings. The smallest absolute Gasteiger partial charge is 0.141 e. The molecule has 0 amide bonds. The third-order valence-corrected chi connectivity index (χ3v) is 3.35. The maximum Gasteiger partial charge on any atom is 0.141 e. The molecule has 0 radical (unpaired) electrons. The molecular formula is C18H18N4O2. The van der Waals surface area contributed by atoms with Gasteiger partial charge in [0.15, 0.2) is 0 Å². The summed E-state index contributed by atoms with van der Waals surface area (Å²) in [6, 6.07) is 15.6. The summed E-state index contributed by atoms with van der Waals surface area (Å²) in [4.78, 5) is 0. The van der Waals surface area contributed by atoms with Crippen LogP contribution >= 0.6 is 0 Å². The lowest BCUT2D eigenvalue weighted by Gasteiger charge is -2.11. The van der Waals surface area contributed by atoms with E-state index in [0.29, 0.717) is 13.2 Å². The molecule has 0 aliphatic rings. The summed E-state index contributed by atoms with van der Waals surface area (Å²) in [5.41, 5.74) is 1.99. The number of benzene rings is 2. The zero-order valence-electron chi connectivity index (χ0n) is 13.4. The first kappa shape index (κ1) is 15.7. The molecule has 6 heteroatoms. The molecule has 0 saturated carbocycles. The van der Waals surface area contributed by atoms with Crippen molar-refractivity contribution in [2.45, 2.75) is 6.92 Å². The molecule has 3 aromatic rings. The third kappa shape index (κ3) is 4.19. The molecule has 6 nitrogen and oxygen atoms in total. The molecule has 24 heavy (non-hydrogen) atoms. The van der Waals surface area contributed by atoms with Crippen molar-refractivity contribution < 1.29 is 9.47 Å². The predicted octanol–water partition coefficient (Wildman–Crippen LogP) is 2.93. The van der Waals surface area contributed by atoms with Crippen molar-refractivity contribution in [3.63, 3.8) is 0 Å². The average Bonchev–Trinajstić information content (AvgIpc) is 3.13. The molecule has 0 aliphatic heterocycles. The van der Waals surface area contributed by atoms with Crippen LogP contribution < -0.4 is 9.47 Å². The van der Waals surface area contributed by atoms with E-state index in [1.807, 2.05) is 55.5 Å². The van der Waals surface area contributed by atoms with Gasteiger partial charge in [-0.1, -0.05) is 30.3 Å². The zero-order valence-corrected chi connectivity index (χ0v) is 13.4. The van der Waals surface area contributed by atoms with Crippen molar-refractivity contribution in [1.82, 2.24) is 14.9 Å². The van der Waals surface area contributed by atoms with Gasteiger partial charge in [0.05, 0.1) is 6.21 Å². The Hall–Kier alpha value is -3.15. The molecule has 0 spiro atoms. The van der Waals surface area contributed by atoms with Gasteiger partial charge in [-0.05, 0) is 30.7 Å². The molecule has 0 aliphatic carbocycles. The standard InChI is InChI=1S/C18H18N4O2/c1-15-6-2-4-8-17(15)23-10-11-24-18-9-5-3-7-16(18)12-21-22-13-19-20-14-22/h2-9,12-14H,10-11H2,1H3/b21-12-. The molecule has 3 rings (SSSR count). The lowest BCUT2D eigenvalue weighted by atomic mass is 10.2. The van der Waals surface area contributed by atoms with E-state index in [9.17, 15) is 0 Å². The number of aryl methyl sites for hydroxylation is 1. The fraction of sp³-hybridized carbons (Fsp3) is 0.167. The summed E-state index contributed by atoms with van der Waals surface area (Å²) in [5.74, 6) is 1.63. The minimum atomic E-state index is 0.450. The van der Waals surface area contributed by atoms with Crippen LogP contribution in [0.3, 0.4) is 0 Å². The highest BCUT2D eigenvalue weighted by molar-refractivity contribution is 5.83. The lowest BCUT2D eigenvalue weighted by molar-refractivity contribution is 0.216. The number of rotatable bonds is 7. The van der Waals surface area contributed by atoms with Crippen LogP contribution in [-0.4, -0.2) is 34.3 Å². The Morgan fingerprint density at radius 2 is 1.54 bits per heavy atom. The quantitative estimate of drug-likeness (QED) is 0.496. The Morgan fingerprint density at radius 3 is 2.29 bits per heavy atom. The van der Waals surface area contributed by atoms with Gasteiger partial charge in [0.2, 0.25) is 0 Å². The SMILES string of the molecule is Cc1ccccc1OCCOc1ccccc1/C=N\n1cnnc1. The second kappa shape index (κ2) is 7.92. The van der Waals surface area contributed by atoms with E-state index in [-0.39, 0.29) is 0 Å². The largest absolute Gasteiger partial charge is 0.490 e. The van der Waals surface area contributed by atoms with Crippen LogP contribution in [0.5, 0.6) is 11.5 Å². The highest BCUT2D eigenvalue weighted by atomic mass is 16.5. The minimum absolute atomic E-state index is 0.450. The number of para-hydroxylation sites is 2. The fourth-order valence-corrected chi connectivity index (χ4v) is 2.12. The molecular weight excluding hydrogens is 304 g/mol. The van der Waals surface area contributed by atoms with Crippen LogP contribution in [0, 0.1) is 6.92 Å². The van der Waals surface area contributed by atoms with Crippen LogP contribution in [-0.2, 0) is 0 Å². The van der Waals surface area contributed by atoms with E-state index in [1.54, 1.807) is 6.21 Å². The van der Waals surface area contributed by atoms with Crippen molar-refractivity contribution in [3.05, 3.63) is 72.3 Å². The Labute approximate surface area is 140 Å². The van der Waals surface area contributed by atoms with Gasteiger partial charge in [-0.3, -0.25) is 0 Å². The normalized spacial score (nSPS) is 10.9. The Balaban J connectivity index is 1.56. The third-order valence-electron chi connectivity index (χ3n) is 3.35. The van der Waals surface area contributed by atoms with Crippen molar-refractivity contribution in [2.75, 3.05) is 13.2 Å². The first-order valence-corrected chi connectivity index (χ1v) is 7.62. The van der Waals surface area contributed by atoms with Gasteiger partial charge in [0.25, 0.3) is 0 Å². The van der Waals surface area contributed by atoms with E-state index in [4.69, 9.17) is 9.47 Å². The van der Waals surface area contributed by atoms with Gasteiger partial charge in [0, 0.05) is 5.56 Å². The van der Waals surface area contributed by atoms with Crippen molar-refractivity contribution in [1.29, 1.82) is 0 Å². The Kier molecular flexibility index (Phi) is 5.19. The molecule has 0 unspecified atom stereocenters. The molecule has 0 atom stereocenters. The van der Waals surface area contributed by atoms with Gasteiger partial charge in [-0.15, -0.1) is 10.2 Å². The van der Waals surface area contributed by atoms with Gasteiger partial charge in [-0.25, -0.2) is 4.68 Å². The first-order valence-electron chi connectivity index (χ1n) is 7.62. The molecule has 0 saturated heterocycles. The number of nitrogens with zero attached hydrogens (tertiary/aromatic N) is 4. The van der Waals surface area contributed by atoms with E-state index in [1.165, 1.54) is 17.3 Å². The molecule has 2 aromatic carbocycles. The van der Waals surface area contributed by atoms with Crippen molar-refractivity contribution in [3.8, 4) is 11.5 Å². The molecule has 0 N–H and O–H groups in total. The van der Waals surface area contributed by atoms with Crippen LogP contribution in [0.4, 0.5) is 0 Å². The van der Waals surface area contributed by atoms with E-state index >= 15 is 0 Å². The van der Waals surface area contributed by atoms with Crippen LogP contribution in [0.2, 0.25) is 0 Å². The number of hydrogen-bond acceptors (Lipinski definition) is 5. The van der Waals surface area contributed by atoms with Gasteiger partial charge in [-0.2, -0.15) is 5.10 Å². The number of aromatic nitrogens is 3. The first-order chi connectivity index (χ1) is 11.8. The van der Waals surface area contributed by atoms with Crippen LogP contribution in [0.1, 0.15) is 11.1 Å². The van der Waals surface area contributed by atoms with E-state index in [2.05, 4.69) is 15.3 Å². The lowest BCUT2D eigenvalue weighted by Crippen LogP contribution is -2.10. The summed E-state index contributed by atoms with van der Waals surface area (Å²) in [6.45, 7) is 2.94. The second-order valence-corrected chi connectivity index (χ2v) is 5.09. The predicted molar refractivity (Wildman–Crippen MR) is 91.6 cm³/mol. The summed E-state index contributed by atoms with van der Waals surface area (Å²) in [6.07, 6.45) is 4.76. The molecule has 1 heterocycles. The summed E-state index contributed by atoms with van der Waals surface area (Å²) < 4.78 is 13.1. The fourth-order valence-electron chi connectivity index (χ4n) is 2.12. The highest BCUT2D eigenvalue weighted by Crippen LogP contribution is 2.18. The topological polar surface area (TPSA) is 61.5 Å². The Bertz CT molecular complexity index is 800. The minimum Gasteiger partial charge on any atom is -0.490 e. The summed E-state index contributed by atoms with van der Waals surface area (Å²) in [5, 5.41) is 11.6. The van der Waals surface area contributed by atoms with Gasteiger partial charge in [0.1, 0.15) is 37.4 Å². The highest BCUT2D eigenvalue weighted by Gasteiger charge is 2.02. The molecule has 122 valence electrons.